The van der Waals surface area contributed by atoms with Crippen molar-refractivity contribution in [3.8, 4) is 6.07 Å². The number of piperidine rings is 1. The van der Waals surface area contributed by atoms with E-state index in [1.807, 2.05) is 6.07 Å². The fourth-order valence-electron chi connectivity index (χ4n) is 2.29. The van der Waals surface area contributed by atoms with Crippen molar-refractivity contribution in [1.82, 2.24) is 4.90 Å². The molecule has 1 heterocycles. The molecule has 0 unspecified atom stereocenters. The molecule has 3 nitrogen and oxygen atoms in total. The third kappa shape index (κ3) is 4.00. The van der Waals surface area contributed by atoms with Crippen LogP contribution in [0.2, 0.25) is 10.0 Å². The Morgan fingerprint density at radius 2 is 2.00 bits per heavy atom. The van der Waals surface area contributed by atoms with Crippen molar-refractivity contribution in [3.63, 3.8) is 0 Å². The Kier molecular flexibility index (Phi) is 5.27. The van der Waals surface area contributed by atoms with Crippen LogP contribution >= 0.6 is 23.2 Å². The van der Waals surface area contributed by atoms with Crippen LogP contribution in [0.3, 0.4) is 0 Å². The predicted molar refractivity (Wildman–Crippen MR) is 85.0 cm³/mol. The molecule has 0 radical (unpaired) electrons. The predicted octanol–water partition coefficient (Wildman–Crippen LogP) is 4.16. The SMILES string of the molecule is CC1CCN(C(=O)C(C#N)=Cc2ccc(Cl)c(Cl)c2)CC1. The second-order valence-electron chi connectivity index (χ2n) is 5.32. The minimum Gasteiger partial charge on any atom is -0.338 e. The fraction of sp³-hybridized carbons (Fsp3) is 0.375. The van der Waals surface area contributed by atoms with E-state index in [0.717, 1.165) is 12.8 Å². The lowest BCUT2D eigenvalue weighted by Crippen LogP contribution is -2.38. The van der Waals surface area contributed by atoms with E-state index in [1.54, 1.807) is 29.2 Å². The van der Waals surface area contributed by atoms with E-state index in [1.165, 1.54) is 0 Å². The van der Waals surface area contributed by atoms with Crippen LogP contribution in [0.15, 0.2) is 23.8 Å². The molecule has 0 spiro atoms. The largest absolute Gasteiger partial charge is 0.338 e. The lowest BCUT2D eigenvalue weighted by molar-refractivity contribution is -0.127. The van der Waals surface area contributed by atoms with Gasteiger partial charge >= 0.3 is 0 Å². The van der Waals surface area contributed by atoms with E-state index in [2.05, 4.69) is 6.92 Å². The van der Waals surface area contributed by atoms with Gasteiger partial charge in [0, 0.05) is 13.1 Å². The molecule has 0 saturated carbocycles. The van der Waals surface area contributed by atoms with Crippen LogP contribution in [0.1, 0.15) is 25.3 Å². The summed E-state index contributed by atoms with van der Waals surface area (Å²) < 4.78 is 0. The third-order valence-corrected chi connectivity index (χ3v) is 4.42. The van der Waals surface area contributed by atoms with Crippen LogP contribution in [0.25, 0.3) is 6.08 Å². The summed E-state index contributed by atoms with van der Waals surface area (Å²) in [7, 11) is 0. The number of hydrogen-bond donors (Lipinski definition) is 0. The minimum absolute atomic E-state index is 0.128. The van der Waals surface area contributed by atoms with Gasteiger partial charge in [-0.1, -0.05) is 36.2 Å². The molecule has 1 aliphatic rings. The normalized spacial score (nSPS) is 16.7. The van der Waals surface area contributed by atoms with Gasteiger partial charge in [0.1, 0.15) is 11.6 Å². The topological polar surface area (TPSA) is 44.1 Å². The average Bonchev–Trinajstić information content (AvgIpc) is 2.48. The van der Waals surface area contributed by atoms with Crippen molar-refractivity contribution in [2.24, 2.45) is 5.92 Å². The maximum Gasteiger partial charge on any atom is 0.264 e. The molecule has 1 amide bonds. The molecule has 1 aromatic carbocycles. The lowest BCUT2D eigenvalue weighted by atomic mass is 9.98. The number of carbonyl (C=O) groups excluding carboxylic acids is 1. The molecule has 5 heteroatoms. The van der Waals surface area contributed by atoms with Crippen LogP contribution < -0.4 is 0 Å². The van der Waals surface area contributed by atoms with Crippen molar-refractivity contribution in [2.45, 2.75) is 19.8 Å². The van der Waals surface area contributed by atoms with Crippen molar-refractivity contribution in [3.05, 3.63) is 39.4 Å². The number of amides is 1. The number of nitriles is 1. The monoisotopic (exact) mass is 322 g/mol. The van der Waals surface area contributed by atoms with Crippen LogP contribution in [0.5, 0.6) is 0 Å². The number of nitrogens with zero attached hydrogens (tertiary/aromatic N) is 2. The number of rotatable bonds is 2. The van der Waals surface area contributed by atoms with Gasteiger partial charge in [-0.3, -0.25) is 4.79 Å². The Balaban J connectivity index is 2.18. The van der Waals surface area contributed by atoms with Crippen LogP contribution in [-0.2, 0) is 4.79 Å². The summed E-state index contributed by atoms with van der Waals surface area (Å²) in [5.41, 5.74) is 0.822. The molecule has 1 aromatic rings. The zero-order chi connectivity index (χ0) is 15.4. The highest BCUT2D eigenvalue weighted by atomic mass is 35.5. The Hall–Kier alpha value is -1.50. The number of halogens is 2. The molecule has 0 bridgehead atoms. The highest BCUT2D eigenvalue weighted by molar-refractivity contribution is 6.42. The van der Waals surface area contributed by atoms with Crippen molar-refractivity contribution < 1.29 is 4.79 Å². The second kappa shape index (κ2) is 6.98. The highest BCUT2D eigenvalue weighted by Crippen LogP contribution is 2.24. The number of hydrogen-bond acceptors (Lipinski definition) is 2. The number of benzene rings is 1. The van der Waals surface area contributed by atoms with Gasteiger partial charge in [0.25, 0.3) is 5.91 Å². The molecule has 1 fully saturated rings. The van der Waals surface area contributed by atoms with Crippen molar-refractivity contribution >= 4 is 35.2 Å². The molecule has 0 aliphatic carbocycles. The first kappa shape index (κ1) is 15.9. The lowest BCUT2D eigenvalue weighted by Gasteiger charge is -2.30. The van der Waals surface area contributed by atoms with E-state index in [4.69, 9.17) is 23.2 Å². The molecule has 110 valence electrons. The van der Waals surface area contributed by atoms with Crippen LogP contribution in [0, 0.1) is 17.2 Å². The van der Waals surface area contributed by atoms with Gasteiger partial charge in [-0.05, 0) is 42.5 Å². The summed E-state index contributed by atoms with van der Waals surface area (Å²) in [6, 6.07) is 7.02. The zero-order valence-corrected chi connectivity index (χ0v) is 13.3. The summed E-state index contributed by atoms with van der Waals surface area (Å²) in [4.78, 5) is 14.1. The highest BCUT2D eigenvalue weighted by Gasteiger charge is 2.22. The summed E-state index contributed by atoms with van der Waals surface area (Å²) in [6.45, 7) is 3.60. The minimum atomic E-state index is -0.213. The number of carbonyl (C=O) groups is 1. The van der Waals surface area contributed by atoms with E-state index in [9.17, 15) is 10.1 Å². The summed E-state index contributed by atoms with van der Waals surface area (Å²) >= 11 is 11.8. The zero-order valence-electron chi connectivity index (χ0n) is 11.8. The van der Waals surface area contributed by atoms with Crippen molar-refractivity contribution in [1.29, 1.82) is 5.26 Å². The summed E-state index contributed by atoms with van der Waals surface area (Å²) in [6.07, 6.45) is 3.52. The Labute approximate surface area is 134 Å². The Bertz CT molecular complexity index is 611. The quantitative estimate of drug-likeness (QED) is 0.606. The van der Waals surface area contributed by atoms with Gasteiger partial charge in [0.05, 0.1) is 10.0 Å². The first-order chi connectivity index (χ1) is 10.0. The van der Waals surface area contributed by atoms with E-state index in [0.29, 0.717) is 34.6 Å². The molecular weight excluding hydrogens is 307 g/mol. The van der Waals surface area contributed by atoms with Gasteiger partial charge in [-0.25, -0.2) is 0 Å². The van der Waals surface area contributed by atoms with E-state index >= 15 is 0 Å². The maximum atomic E-state index is 12.4. The van der Waals surface area contributed by atoms with Gasteiger partial charge in [-0.15, -0.1) is 0 Å². The number of likely N-dealkylation sites (tertiary alicyclic amines) is 1. The molecular formula is C16H16Cl2N2O. The van der Waals surface area contributed by atoms with E-state index < -0.39 is 0 Å². The van der Waals surface area contributed by atoms with E-state index in [-0.39, 0.29) is 11.5 Å². The van der Waals surface area contributed by atoms with Gasteiger partial charge < -0.3 is 4.90 Å². The summed E-state index contributed by atoms with van der Waals surface area (Å²) in [5, 5.41) is 10.1. The maximum absolute atomic E-state index is 12.4. The van der Waals surface area contributed by atoms with Crippen LogP contribution in [0.4, 0.5) is 0 Å². The Morgan fingerprint density at radius 1 is 1.33 bits per heavy atom. The standard InChI is InChI=1S/C16H16Cl2N2O/c1-11-4-6-20(7-5-11)16(21)13(10-19)8-12-2-3-14(17)15(18)9-12/h2-3,8-9,11H,4-7H2,1H3. The van der Waals surface area contributed by atoms with Gasteiger partial charge in [0.15, 0.2) is 0 Å². The summed E-state index contributed by atoms with van der Waals surface area (Å²) in [5.74, 6) is 0.425. The molecule has 1 aliphatic heterocycles. The van der Waals surface area contributed by atoms with Gasteiger partial charge in [0.2, 0.25) is 0 Å². The first-order valence-corrected chi connectivity index (χ1v) is 7.63. The molecule has 2 rings (SSSR count). The first-order valence-electron chi connectivity index (χ1n) is 6.87. The average molecular weight is 323 g/mol. The molecule has 0 atom stereocenters. The third-order valence-electron chi connectivity index (χ3n) is 3.68. The van der Waals surface area contributed by atoms with Gasteiger partial charge in [-0.2, -0.15) is 5.26 Å². The second-order valence-corrected chi connectivity index (χ2v) is 6.13. The van der Waals surface area contributed by atoms with Crippen LogP contribution in [-0.4, -0.2) is 23.9 Å². The molecule has 0 aromatic heterocycles. The smallest absolute Gasteiger partial charge is 0.264 e. The Morgan fingerprint density at radius 3 is 2.57 bits per heavy atom. The molecule has 21 heavy (non-hydrogen) atoms. The van der Waals surface area contributed by atoms with Crippen molar-refractivity contribution in [2.75, 3.05) is 13.1 Å². The molecule has 1 saturated heterocycles. The molecule has 0 N–H and O–H groups in total. The fourth-order valence-corrected chi connectivity index (χ4v) is 2.60.